The van der Waals surface area contributed by atoms with Crippen molar-refractivity contribution in [3.8, 4) is 0 Å². The lowest BCUT2D eigenvalue weighted by Gasteiger charge is -2.37. The van der Waals surface area contributed by atoms with Crippen molar-refractivity contribution in [3.63, 3.8) is 0 Å². The van der Waals surface area contributed by atoms with E-state index in [1.807, 2.05) is 0 Å². The molecule has 0 amide bonds. The highest BCUT2D eigenvalue weighted by Crippen LogP contribution is 2.31. The number of rotatable bonds is 2. The average molecular weight is 169 g/mol. The third-order valence-electron chi connectivity index (χ3n) is 1.87. The van der Waals surface area contributed by atoms with Crippen molar-refractivity contribution in [1.29, 1.82) is 0 Å². The van der Waals surface area contributed by atoms with E-state index in [9.17, 15) is 13.2 Å². The summed E-state index contributed by atoms with van der Waals surface area (Å²) in [5.74, 6) is 0. The van der Waals surface area contributed by atoms with Crippen LogP contribution in [0.4, 0.5) is 13.2 Å². The van der Waals surface area contributed by atoms with Gasteiger partial charge in [0.1, 0.15) is 0 Å². The number of alkyl halides is 3. The maximum absolute atomic E-state index is 11.5. The van der Waals surface area contributed by atoms with Gasteiger partial charge in [0.05, 0.1) is 6.61 Å². The molecule has 0 spiro atoms. The minimum absolute atomic E-state index is 0.406. The van der Waals surface area contributed by atoms with Crippen LogP contribution in [0.2, 0.25) is 0 Å². The third-order valence-corrected chi connectivity index (χ3v) is 1.87. The van der Waals surface area contributed by atoms with Gasteiger partial charge in [-0.1, -0.05) is 0 Å². The van der Waals surface area contributed by atoms with Crippen LogP contribution in [0, 0.1) is 0 Å². The van der Waals surface area contributed by atoms with Crippen molar-refractivity contribution in [2.24, 2.45) is 5.73 Å². The Morgan fingerprint density at radius 3 is 2.18 bits per heavy atom. The molecule has 1 fully saturated rings. The fraction of sp³-hybridized carbons (Fsp3) is 1.00. The van der Waals surface area contributed by atoms with E-state index < -0.39 is 18.5 Å². The van der Waals surface area contributed by atoms with E-state index in [2.05, 4.69) is 4.74 Å². The lowest BCUT2D eigenvalue weighted by atomic mass is 9.78. The Bertz CT molecular complexity index is 141. The van der Waals surface area contributed by atoms with E-state index in [1.54, 1.807) is 0 Å². The Morgan fingerprint density at radius 1 is 1.36 bits per heavy atom. The number of ether oxygens (including phenoxy) is 1. The van der Waals surface area contributed by atoms with E-state index in [1.165, 1.54) is 0 Å². The summed E-state index contributed by atoms with van der Waals surface area (Å²) in [7, 11) is 0. The highest BCUT2D eigenvalue weighted by molar-refractivity contribution is 4.92. The van der Waals surface area contributed by atoms with Crippen LogP contribution in [0.1, 0.15) is 19.3 Å². The van der Waals surface area contributed by atoms with Crippen molar-refractivity contribution < 1.29 is 17.9 Å². The van der Waals surface area contributed by atoms with Crippen LogP contribution in [-0.4, -0.2) is 18.5 Å². The summed E-state index contributed by atoms with van der Waals surface area (Å²) in [5, 5.41) is 0. The minimum Gasteiger partial charge on any atom is -0.323 e. The maximum Gasteiger partial charge on any atom is 0.522 e. The topological polar surface area (TPSA) is 35.2 Å². The smallest absolute Gasteiger partial charge is 0.323 e. The van der Waals surface area contributed by atoms with Crippen LogP contribution in [0.25, 0.3) is 0 Å². The Balaban J connectivity index is 2.21. The van der Waals surface area contributed by atoms with Gasteiger partial charge in [0, 0.05) is 5.54 Å². The molecule has 0 atom stereocenters. The molecule has 11 heavy (non-hydrogen) atoms. The van der Waals surface area contributed by atoms with E-state index in [0.717, 1.165) is 6.42 Å². The quantitative estimate of drug-likeness (QED) is 0.678. The molecule has 2 nitrogen and oxygen atoms in total. The standard InChI is InChI=1S/C6H10F3NO/c7-6(8,9)11-4-5(10)2-1-3-5/h1-4,10H2. The first-order valence-electron chi connectivity index (χ1n) is 3.41. The minimum atomic E-state index is -4.54. The summed E-state index contributed by atoms with van der Waals surface area (Å²) in [6.45, 7) is -0.406. The van der Waals surface area contributed by atoms with Gasteiger partial charge < -0.3 is 5.73 Å². The van der Waals surface area contributed by atoms with E-state index in [0.29, 0.717) is 12.8 Å². The lowest BCUT2D eigenvalue weighted by Crippen LogP contribution is -2.51. The van der Waals surface area contributed by atoms with Crippen LogP contribution in [0.3, 0.4) is 0 Å². The van der Waals surface area contributed by atoms with E-state index in [-0.39, 0.29) is 0 Å². The third kappa shape index (κ3) is 2.67. The Kier molecular flexibility index (Phi) is 2.11. The van der Waals surface area contributed by atoms with Crippen molar-refractivity contribution in [2.75, 3.05) is 6.61 Å². The predicted octanol–water partition coefficient (Wildman–Crippen LogP) is 1.40. The molecular formula is C6H10F3NO. The molecule has 2 N–H and O–H groups in total. The van der Waals surface area contributed by atoms with Gasteiger partial charge in [0.25, 0.3) is 0 Å². The zero-order valence-corrected chi connectivity index (χ0v) is 5.95. The molecule has 5 heteroatoms. The second-order valence-corrected chi connectivity index (χ2v) is 2.95. The van der Waals surface area contributed by atoms with Crippen LogP contribution < -0.4 is 5.73 Å². The van der Waals surface area contributed by atoms with Crippen molar-refractivity contribution in [3.05, 3.63) is 0 Å². The molecule has 0 aromatic heterocycles. The van der Waals surface area contributed by atoms with Gasteiger partial charge >= 0.3 is 6.36 Å². The summed E-state index contributed by atoms with van der Waals surface area (Å²) in [6.07, 6.45) is -2.38. The molecule has 1 saturated carbocycles. The van der Waals surface area contributed by atoms with Crippen LogP contribution in [-0.2, 0) is 4.74 Å². The van der Waals surface area contributed by atoms with E-state index >= 15 is 0 Å². The second-order valence-electron chi connectivity index (χ2n) is 2.95. The SMILES string of the molecule is NC1(COC(F)(F)F)CCC1. The normalized spacial score (nSPS) is 22.9. The fourth-order valence-electron chi connectivity index (χ4n) is 1.00. The molecule has 0 unspecified atom stereocenters. The molecule has 1 rings (SSSR count). The highest BCUT2D eigenvalue weighted by Gasteiger charge is 2.38. The molecule has 0 radical (unpaired) electrons. The van der Waals surface area contributed by atoms with Crippen molar-refractivity contribution in [1.82, 2.24) is 0 Å². The molecule has 1 aliphatic rings. The molecule has 0 heterocycles. The number of nitrogens with two attached hydrogens (primary N) is 1. The molecule has 0 aromatic carbocycles. The van der Waals surface area contributed by atoms with Gasteiger partial charge in [0.15, 0.2) is 0 Å². The van der Waals surface area contributed by atoms with Gasteiger partial charge in [-0.25, -0.2) is 0 Å². The van der Waals surface area contributed by atoms with Crippen LogP contribution in [0.15, 0.2) is 0 Å². The van der Waals surface area contributed by atoms with Crippen molar-refractivity contribution in [2.45, 2.75) is 31.2 Å². The van der Waals surface area contributed by atoms with Gasteiger partial charge in [-0.15, -0.1) is 13.2 Å². The van der Waals surface area contributed by atoms with Crippen molar-refractivity contribution >= 4 is 0 Å². The van der Waals surface area contributed by atoms with Crippen LogP contribution >= 0.6 is 0 Å². The molecule has 0 saturated heterocycles. The predicted molar refractivity (Wildman–Crippen MR) is 32.8 cm³/mol. The highest BCUT2D eigenvalue weighted by atomic mass is 19.4. The Labute approximate surface area is 62.5 Å². The van der Waals surface area contributed by atoms with Gasteiger partial charge in [0.2, 0.25) is 0 Å². The molecule has 0 aromatic rings. The maximum atomic E-state index is 11.5. The summed E-state index contributed by atoms with van der Waals surface area (Å²) in [5.41, 5.74) is 4.77. The first-order valence-corrected chi connectivity index (χ1v) is 3.41. The first-order chi connectivity index (χ1) is 4.91. The van der Waals surface area contributed by atoms with E-state index in [4.69, 9.17) is 5.73 Å². The average Bonchev–Trinajstić information content (AvgIpc) is 1.77. The Morgan fingerprint density at radius 2 is 1.91 bits per heavy atom. The monoisotopic (exact) mass is 169 g/mol. The molecule has 1 aliphatic carbocycles. The Hall–Kier alpha value is -0.290. The summed E-state index contributed by atoms with van der Waals surface area (Å²) < 4.78 is 38.0. The molecule has 0 bridgehead atoms. The lowest BCUT2D eigenvalue weighted by molar-refractivity contribution is -0.331. The number of hydrogen-bond acceptors (Lipinski definition) is 2. The number of hydrogen-bond donors (Lipinski definition) is 1. The fourth-order valence-corrected chi connectivity index (χ4v) is 1.00. The second kappa shape index (κ2) is 2.64. The zero-order chi connectivity index (χ0) is 8.54. The zero-order valence-electron chi connectivity index (χ0n) is 5.95. The molecule has 66 valence electrons. The first kappa shape index (κ1) is 8.80. The van der Waals surface area contributed by atoms with Crippen LogP contribution in [0.5, 0.6) is 0 Å². The van der Waals surface area contributed by atoms with Gasteiger partial charge in [-0.2, -0.15) is 0 Å². The summed E-state index contributed by atoms with van der Waals surface area (Å²) >= 11 is 0. The largest absolute Gasteiger partial charge is 0.522 e. The molecule has 0 aliphatic heterocycles. The van der Waals surface area contributed by atoms with Gasteiger partial charge in [-0.05, 0) is 19.3 Å². The van der Waals surface area contributed by atoms with Gasteiger partial charge in [-0.3, -0.25) is 4.74 Å². The summed E-state index contributed by atoms with van der Waals surface area (Å²) in [4.78, 5) is 0. The number of halogens is 3. The summed E-state index contributed by atoms with van der Waals surface area (Å²) in [6, 6.07) is 0. The molecular weight excluding hydrogens is 159 g/mol.